The number of hydrogen-bond donors (Lipinski definition) is 1. The fourth-order valence-electron chi connectivity index (χ4n) is 3.57. The van der Waals surface area contributed by atoms with Gasteiger partial charge >= 0.3 is 0 Å². The van der Waals surface area contributed by atoms with Crippen LogP contribution in [0.5, 0.6) is 0 Å². The van der Waals surface area contributed by atoms with Gasteiger partial charge in [-0.1, -0.05) is 30.3 Å². The average Bonchev–Trinajstić information content (AvgIpc) is 3.06. The van der Waals surface area contributed by atoms with E-state index >= 15 is 0 Å². The maximum absolute atomic E-state index is 12.9. The van der Waals surface area contributed by atoms with Crippen molar-refractivity contribution in [3.63, 3.8) is 0 Å². The Morgan fingerprint density at radius 3 is 2.80 bits per heavy atom. The van der Waals surface area contributed by atoms with E-state index in [9.17, 15) is 4.79 Å². The first kappa shape index (κ1) is 16.3. The third kappa shape index (κ3) is 3.45. The molecule has 4 rings (SSSR count). The van der Waals surface area contributed by atoms with Crippen LogP contribution in [0.25, 0.3) is 0 Å². The number of rotatable bonds is 4. The van der Waals surface area contributed by atoms with Crippen molar-refractivity contribution in [2.45, 2.75) is 25.9 Å². The Kier molecular flexibility index (Phi) is 4.81. The second-order valence-corrected chi connectivity index (χ2v) is 6.56. The standard InChI is InChI=1S/C19H24N4O2/c24-19(22-10-12-25-13-11-22)18-16-14-20-8-6-17(16)23(21-18)9-7-15-4-2-1-3-5-15/h1-5,20H,6-14H2. The summed E-state index contributed by atoms with van der Waals surface area (Å²) in [4.78, 5) is 14.8. The molecule has 6 nitrogen and oxygen atoms in total. The highest BCUT2D eigenvalue weighted by Crippen LogP contribution is 2.21. The first-order chi connectivity index (χ1) is 12.3. The molecule has 2 aliphatic rings. The molecular formula is C19H24N4O2. The second kappa shape index (κ2) is 7.37. The summed E-state index contributed by atoms with van der Waals surface area (Å²) in [5, 5.41) is 8.10. The molecule has 25 heavy (non-hydrogen) atoms. The number of carbonyl (C=O) groups is 1. The molecule has 3 heterocycles. The molecule has 0 bridgehead atoms. The van der Waals surface area contributed by atoms with Crippen LogP contribution in [0.15, 0.2) is 30.3 Å². The number of carbonyl (C=O) groups excluding carboxylic acids is 1. The summed E-state index contributed by atoms with van der Waals surface area (Å²) in [6.45, 7) is 5.00. The maximum atomic E-state index is 12.9. The lowest BCUT2D eigenvalue weighted by Gasteiger charge is -2.26. The summed E-state index contributed by atoms with van der Waals surface area (Å²) in [6.07, 6.45) is 1.85. The van der Waals surface area contributed by atoms with Gasteiger partial charge in [0.05, 0.1) is 13.2 Å². The summed E-state index contributed by atoms with van der Waals surface area (Å²) < 4.78 is 7.41. The van der Waals surface area contributed by atoms with Gasteiger partial charge in [-0.15, -0.1) is 0 Å². The summed E-state index contributed by atoms with van der Waals surface area (Å²) in [7, 11) is 0. The molecule has 1 aromatic carbocycles. The number of amides is 1. The number of hydrogen-bond acceptors (Lipinski definition) is 4. The average molecular weight is 340 g/mol. The molecule has 6 heteroatoms. The minimum absolute atomic E-state index is 0.0433. The predicted molar refractivity (Wildman–Crippen MR) is 94.5 cm³/mol. The molecule has 1 saturated heterocycles. The predicted octanol–water partition coefficient (Wildman–Crippen LogP) is 1.24. The molecule has 0 aliphatic carbocycles. The lowest BCUT2D eigenvalue weighted by Crippen LogP contribution is -2.41. The van der Waals surface area contributed by atoms with Crippen LogP contribution in [-0.2, 0) is 30.7 Å². The zero-order valence-corrected chi connectivity index (χ0v) is 14.4. The molecule has 1 aromatic heterocycles. The maximum Gasteiger partial charge on any atom is 0.274 e. The number of ether oxygens (including phenoxy) is 1. The van der Waals surface area contributed by atoms with Crippen LogP contribution in [0.1, 0.15) is 27.3 Å². The number of fused-ring (bicyclic) bond motifs is 1. The Hall–Kier alpha value is -2.18. The van der Waals surface area contributed by atoms with Gasteiger partial charge in [0.25, 0.3) is 5.91 Å². The number of nitrogens with one attached hydrogen (secondary N) is 1. The van der Waals surface area contributed by atoms with E-state index in [1.807, 2.05) is 11.0 Å². The molecule has 0 unspecified atom stereocenters. The molecule has 132 valence electrons. The van der Waals surface area contributed by atoms with Gasteiger partial charge in [-0.2, -0.15) is 5.10 Å². The molecule has 1 amide bonds. The number of aryl methyl sites for hydroxylation is 2. The van der Waals surface area contributed by atoms with Crippen molar-refractivity contribution in [1.82, 2.24) is 20.0 Å². The minimum atomic E-state index is 0.0433. The van der Waals surface area contributed by atoms with Crippen LogP contribution in [0, 0.1) is 0 Å². The summed E-state index contributed by atoms with van der Waals surface area (Å²) in [5.41, 5.74) is 4.21. The molecule has 0 atom stereocenters. The van der Waals surface area contributed by atoms with Gasteiger partial charge in [0.1, 0.15) is 0 Å². The van der Waals surface area contributed by atoms with Crippen LogP contribution in [-0.4, -0.2) is 53.4 Å². The zero-order valence-electron chi connectivity index (χ0n) is 14.4. The van der Waals surface area contributed by atoms with Gasteiger partial charge in [0.2, 0.25) is 0 Å². The van der Waals surface area contributed by atoms with Crippen LogP contribution in [0.2, 0.25) is 0 Å². The Bertz CT molecular complexity index is 735. The third-order valence-corrected chi connectivity index (χ3v) is 4.96. The van der Waals surface area contributed by atoms with Crippen molar-refractivity contribution in [3.05, 3.63) is 52.8 Å². The highest BCUT2D eigenvalue weighted by molar-refractivity contribution is 5.94. The monoisotopic (exact) mass is 340 g/mol. The summed E-state index contributed by atoms with van der Waals surface area (Å²) >= 11 is 0. The first-order valence-electron chi connectivity index (χ1n) is 9.03. The molecule has 1 fully saturated rings. The Morgan fingerprint density at radius 2 is 2.00 bits per heavy atom. The SMILES string of the molecule is O=C(c1nn(CCc2ccccc2)c2c1CNCC2)N1CCOCC1. The fourth-order valence-corrected chi connectivity index (χ4v) is 3.57. The van der Waals surface area contributed by atoms with E-state index in [0.29, 0.717) is 32.0 Å². The molecule has 0 radical (unpaired) electrons. The lowest BCUT2D eigenvalue weighted by atomic mass is 10.1. The Morgan fingerprint density at radius 1 is 1.20 bits per heavy atom. The highest BCUT2D eigenvalue weighted by Gasteiger charge is 2.28. The van der Waals surface area contributed by atoms with Gasteiger partial charge in [-0.05, 0) is 12.0 Å². The van der Waals surface area contributed by atoms with E-state index in [1.54, 1.807) is 0 Å². The van der Waals surface area contributed by atoms with Crippen LogP contribution in [0.4, 0.5) is 0 Å². The van der Waals surface area contributed by atoms with E-state index in [-0.39, 0.29) is 5.91 Å². The smallest absolute Gasteiger partial charge is 0.274 e. The van der Waals surface area contributed by atoms with Gasteiger partial charge < -0.3 is 15.0 Å². The minimum Gasteiger partial charge on any atom is -0.378 e. The van der Waals surface area contributed by atoms with E-state index in [0.717, 1.165) is 38.0 Å². The van der Waals surface area contributed by atoms with Crippen molar-refractivity contribution in [2.75, 3.05) is 32.8 Å². The van der Waals surface area contributed by atoms with Crippen molar-refractivity contribution < 1.29 is 9.53 Å². The van der Waals surface area contributed by atoms with Crippen LogP contribution >= 0.6 is 0 Å². The summed E-state index contributed by atoms with van der Waals surface area (Å²) in [6, 6.07) is 10.4. The van der Waals surface area contributed by atoms with Crippen molar-refractivity contribution in [2.24, 2.45) is 0 Å². The molecular weight excluding hydrogens is 316 g/mol. The molecule has 2 aliphatic heterocycles. The van der Waals surface area contributed by atoms with E-state index in [1.165, 1.54) is 11.3 Å². The third-order valence-electron chi connectivity index (χ3n) is 4.96. The Labute approximate surface area is 147 Å². The van der Waals surface area contributed by atoms with E-state index in [2.05, 4.69) is 34.3 Å². The van der Waals surface area contributed by atoms with Gasteiger partial charge in [0.15, 0.2) is 5.69 Å². The number of morpholine rings is 1. The van der Waals surface area contributed by atoms with E-state index in [4.69, 9.17) is 9.84 Å². The van der Waals surface area contributed by atoms with Crippen molar-refractivity contribution >= 4 is 5.91 Å². The number of aromatic nitrogens is 2. The fraction of sp³-hybridized carbons (Fsp3) is 0.474. The normalized spacial score (nSPS) is 17.4. The summed E-state index contributed by atoms with van der Waals surface area (Å²) in [5.74, 6) is 0.0433. The number of benzene rings is 1. The Balaban J connectivity index is 1.57. The van der Waals surface area contributed by atoms with Crippen LogP contribution in [0.3, 0.4) is 0 Å². The van der Waals surface area contributed by atoms with E-state index < -0.39 is 0 Å². The van der Waals surface area contributed by atoms with Crippen molar-refractivity contribution in [1.29, 1.82) is 0 Å². The number of nitrogens with zero attached hydrogens (tertiary/aromatic N) is 3. The molecule has 1 N–H and O–H groups in total. The topological polar surface area (TPSA) is 59.4 Å². The largest absolute Gasteiger partial charge is 0.378 e. The quantitative estimate of drug-likeness (QED) is 0.910. The lowest BCUT2D eigenvalue weighted by molar-refractivity contribution is 0.0297. The van der Waals surface area contributed by atoms with Gasteiger partial charge in [0, 0.05) is 50.4 Å². The van der Waals surface area contributed by atoms with Crippen molar-refractivity contribution in [3.8, 4) is 0 Å². The molecule has 2 aromatic rings. The second-order valence-electron chi connectivity index (χ2n) is 6.56. The van der Waals surface area contributed by atoms with Crippen LogP contribution < -0.4 is 5.32 Å². The first-order valence-corrected chi connectivity index (χ1v) is 9.03. The van der Waals surface area contributed by atoms with Gasteiger partial charge in [-0.25, -0.2) is 0 Å². The molecule has 0 saturated carbocycles. The molecule has 0 spiro atoms. The highest BCUT2D eigenvalue weighted by atomic mass is 16.5. The zero-order chi connectivity index (χ0) is 17.1. The van der Waals surface area contributed by atoms with Gasteiger partial charge in [-0.3, -0.25) is 9.48 Å².